The van der Waals surface area contributed by atoms with Crippen LogP contribution in [0.5, 0.6) is 0 Å². The fourth-order valence-electron chi connectivity index (χ4n) is 3.54. The van der Waals surface area contributed by atoms with Crippen LogP contribution in [0.2, 0.25) is 0 Å². The molecular weight excluding hydrogens is 368 g/mol. The number of hydrogen-bond acceptors (Lipinski definition) is 4. The third kappa shape index (κ3) is 3.55. The van der Waals surface area contributed by atoms with Crippen molar-refractivity contribution < 1.29 is 4.42 Å². The first-order valence-corrected chi connectivity index (χ1v) is 9.85. The molecule has 0 unspecified atom stereocenters. The topological polar surface area (TPSA) is 75.0 Å². The van der Waals surface area contributed by atoms with Gasteiger partial charge in [-0.15, -0.1) is 0 Å². The zero-order valence-electron chi connectivity index (χ0n) is 16.7. The summed E-state index contributed by atoms with van der Waals surface area (Å²) in [6.45, 7) is 5.20. The molecule has 0 radical (unpaired) electrons. The van der Waals surface area contributed by atoms with Gasteiger partial charge in [-0.1, -0.05) is 37.6 Å². The highest BCUT2D eigenvalue weighted by atomic mass is 16.3. The highest BCUT2D eigenvalue weighted by Crippen LogP contribution is 2.13. The predicted octanol–water partition coefficient (Wildman–Crippen LogP) is 3.16. The summed E-state index contributed by atoms with van der Waals surface area (Å²) in [6.07, 6.45) is 4.98. The lowest BCUT2D eigenvalue weighted by Crippen LogP contribution is -2.41. The molecule has 0 amide bonds. The van der Waals surface area contributed by atoms with Gasteiger partial charge in [-0.25, -0.2) is 9.78 Å². The van der Waals surface area contributed by atoms with E-state index in [2.05, 4.69) is 11.9 Å². The van der Waals surface area contributed by atoms with Gasteiger partial charge in [0.1, 0.15) is 5.76 Å². The number of aryl methyl sites for hydroxylation is 2. The zero-order chi connectivity index (χ0) is 20.4. The zero-order valence-corrected chi connectivity index (χ0v) is 16.7. The lowest BCUT2D eigenvalue weighted by Gasteiger charge is -2.13. The van der Waals surface area contributed by atoms with Crippen LogP contribution < -0.4 is 11.2 Å². The summed E-state index contributed by atoms with van der Waals surface area (Å²) in [6, 6.07) is 11.5. The van der Waals surface area contributed by atoms with Gasteiger partial charge < -0.3 is 8.98 Å². The molecule has 1 aromatic carbocycles. The Morgan fingerprint density at radius 3 is 2.59 bits per heavy atom. The van der Waals surface area contributed by atoms with Crippen LogP contribution >= 0.6 is 0 Å². The molecule has 0 saturated carbocycles. The molecular formula is C22H24N4O3. The lowest BCUT2D eigenvalue weighted by atomic mass is 10.1. The van der Waals surface area contributed by atoms with Crippen LogP contribution in [-0.4, -0.2) is 18.7 Å². The smallest absolute Gasteiger partial charge is 0.333 e. The van der Waals surface area contributed by atoms with Crippen molar-refractivity contribution in [2.45, 2.75) is 46.3 Å². The quantitative estimate of drug-likeness (QED) is 0.484. The van der Waals surface area contributed by atoms with E-state index in [4.69, 9.17) is 4.42 Å². The third-order valence-electron chi connectivity index (χ3n) is 5.21. The standard InChI is InChI=1S/C22H24N4O3/c1-3-4-11-25-20-19(24(15-23-20)14-18-10-7-12-29-18)21(27)26(22(25)28)13-17-9-6-5-8-16(17)2/h5-10,12,15H,3-4,11,13-14H2,1-2H3. The minimum absolute atomic E-state index is 0.234. The number of aromatic nitrogens is 4. The Morgan fingerprint density at radius 2 is 1.86 bits per heavy atom. The third-order valence-corrected chi connectivity index (χ3v) is 5.21. The summed E-state index contributed by atoms with van der Waals surface area (Å²) in [4.78, 5) is 31.0. The Balaban J connectivity index is 1.91. The second kappa shape index (κ2) is 7.95. The van der Waals surface area contributed by atoms with Crippen molar-refractivity contribution in [3.05, 3.63) is 86.7 Å². The van der Waals surface area contributed by atoms with Crippen LogP contribution in [0.25, 0.3) is 11.2 Å². The second-order valence-electron chi connectivity index (χ2n) is 7.23. The molecule has 7 nitrogen and oxygen atoms in total. The van der Waals surface area contributed by atoms with Gasteiger partial charge in [0.25, 0.3) is 5.56 Å². The maximum atomic E-state index is 13.4. The molecule has 150 valence electrons. The molecule has 0 bridgehead atoms. The largest absolute Gasteiger partial charge is 0.467 e. The van der Waals surface area contributed by atoms with Gasteiger partial charge in [-0.05, 0) is 36.6 Å². The average Bonchev–Trinajstić information content (AvgIpc) is 3.37. The van der Waals surface area contributed by atoms with E-state index in [1.807, 2.05) is 43.3 Å². The van der Waals surface area contributed by atoms with Crippen molar-refractivity contribution in [2.24, 2.45) is 0 Å². The van der Waals surface area contributed by atoms with Crippen molar-refractivity contribution in [3.63, 3.8) is 0 Å². The number of rotatable bonds is 7. The summed E-state index contributed by atoms with van der Waals surface area (Å²) in [7, 11) is 0. The Kier molecular flexibility index (Phi) is 5.20. The van der Waals surface area contributed by atoms with Crippen LogP contribution in [-0.2, 0) is 19.6 Å². The Hall–Kier alpha value is -3.35. The number of nitrogens with zero attached hydrogens (tertiary/aromatic N) is 4. The van der Waals surface area contributed by atoms with Crippen molar-refractivity contribution >= 4 is 11.2 Å². The van der Waals surface area contributed by atoms with Crippen molar-refractivity contribution in [2.75, 3.05) is 0 Å². The number of imidazole rings is 1. The fraction of sp³-hybridized carbons (Fsp3) is 0.318. The van der Waals surface area contributed by atoms with E-state index in [0.717, 1.165) is 29.7 Å². The maximum absolute atomic E-state index is 13.4. The first-order chi connectivity index (χ1) is 14.1. The van der Waals surface area contributed by atoms with Crippen LogP contribution in [0.1, 0.15) is 36.7 Å². The first-order valence-electron chi connectivity index (χ1n) is 9.85. The van der Waals surface area contributed by atoms with Crippen molar-refractivity contribution in [3.8, 4) is 0 Å². The molecule has 4 rings (SSSR count). The normalized spacial score (nSPS) is 11.4. The van der Waals surface area contributed by atoms with E-state index in [1.54, 1.807) is 21.7 Å². The monoisotopic (exact) mass is 392 g/mol. The minimum Gasteiger partial charge on any atom is -0.467 e. The van der Waals surface area contributed by atoms with E-state index in [1.165, 1.54) is 4.57 Å². The van der Waals surface area contributed by atoms with Crippen LogP contribution in [0, 0.1) is 6.92 Å². The molecule has 0 N–H and O–H groups in total. The summed E-state index contributed by atoms with van der Waals surface area (Å²) in [5.74, 6) is 0.723. The van der Waals surface area contributed by atoms with Gasteiger partial charge in [-0.2, -0.15) is 0 Å². The Bertz CT molecular complexity index is 1250. The Morgan fingerprint density at radius 1 is 1.03 bits per heavy atom. The SMILES string of the molecule is CCCCn1c(=O)n(Cc2ccccc2C)c(=O)c2c1ncn2Cc1ccco1. The molecule has 0 aliphatic carbocycles. The predicted molar refractivity (Wildman–Crippen MR) is 111 cm³/mol. The number of furan rings is 1. The maximum Gasteiger partial charge on any atom is 0.333 e. The van der Waals surface area contributed by atoms with Crippen LogP contribution in [0.4, 0.5) is 0 Å². The summed E-state index contributed by atoms with van der Waals surface area (Å²) < 4.78 is 10.1. The number of fused-ring (bicyclic) bond motifs is 1. The molecule has 0 fully saturated rings. The number of unbranched alkanes of at least 4 members (excludes halogenated alkanes) is 1. The van der Waals surface area contributed by atoms with Gasteiger partial charge in [0.2, 0.25) is 0 Å². The van der Waals surface area contributed by atoms with E-state index >= 15 is 0 Å². The molecule has 0 atom stereocenters. The van der Waals surface area contributed by atoms with Gasteiger partial charge in [0.05, 0.1) is 25.7 Å². The molecule has 3 aromatic heterocycles. The molecule has 0 saturated heterocycles. The average molecular weight is 392 g/mol. The van der Waals surface area contributed by atoms with Gasteiger partial charge >= 0.3 is 5.69 Å². The lowest BCUT2D eigenvalue weighted by molar-refractivity contribution is 0.495. The number of benzene rings is 1. The van der Waals surface area contributed by atoms with Crippen molar-refractivity contribution in [1.29, 1.82) is 0 Å². The fourth-order valence-corrected chi connectivity index (χ4v) is 3.54. The summed E-state index contributed by atoms with van der Waals surface area (Å²) in [5.41, 5.74) is 2.20. The van der Waals surface area contributed by atoms with E-state index in [-0.39, 0.29) is 17.8 Å². The summed E-state index contributed by atoms with van der Waals surface area (Å²) >= 11 is 0. The molecule has 29 heavy (non-hydrogen) atoms. The highest BCUT2D eigenvalue weighted by Gasteiger charge is 2.19. The number of hydrogen-bond donors (Lipinski definition) is 0. The second-order valence-corrected chi connectivity index (χ2v) is 7.23. The molecule has 7 heteroatoms. The summed E-state index contributed by atoms with van der Waals surface area (Å²) in [5, 5.41) is 0. The minimum atomic E-state index is -0.329. The van der Waals surface area contributed by atoms with Gasteiger partial charge in [-0.3, -0.25) is 13.9 Å². The molecule has 4 aromatic rings. The molecule has 0 spiro atoms. The van der Waals surface area contributed by atoms with Crippen LogP contribution in [0.3, 0.4) is 0 Å². The van der Waals surface area contributed by atoms with Gasteiger partial charge in [0, 0.05) is 6.54 Å². The van der Waals surface area contributed by atoms with E-state index in [0.29, 0.717) is 24.3 Å². The molecule has 0 aliphatic rings. The van der Waals surface area contributed by atoms with E-state index in [9.17, 15) is 9.59 Å². The van der Waals surface area contributed by atoms with Crippen LogP contribution in [0.15, 0.2) is 63.0 Å². The highest BCUT2D eigenvalue weighted by molar-refractivity contribution is 5.70. The first kappa shape index (κ1) is 19.0. The Labute approximate surface area is 167 Å². The molecule has 0 aliphatic heterocycles. The van der Waals surface area contributed by atoms with E-state index < -0.39 is 0 Å². The van der Waals surface area contributed by atoms with Gasteiger partial charge in [0.15, 0.2) is 11.2 Å². The molecule has 3 heterocycles. The van der Waals surface area contributed by atoms with Crippen molar-refractivity contribution in [1.82, 2.24) is 18.7 Å².